The fourth-order valence-corrected chi connectivity index (χ4v) is 3.82. The van der Waals surface area contributed by atoms with Gasteiger partial charge in [-0.1, -0.05) is 18.2 Å². The van der Waals surface area contributed by atoms with Gasteiger partial charge in [-0.05, 0) is 25.6 Å². The van der Waals surface area contributed by atoms with Gasteiger partial charge < -0.3 is 9.32 Å². The van der Waals surface area contributed by atoms with E-state index in [0.717, 1.165) is 48.5 Å². The lowest BCUT2D eigenvalue weighted by Gasteiger charge is -2.24. The molecular weight excluding hydrogens is 354 g/mol. The van der Waals surface area contributed by atoms with Crippen LogP contribution in [-0.2, 0) is 13.1 Å². The lowest BCUT2D eigenvalue weighted by Crippen LogP contribution is -2.34. The van der Waals surface area contributed by atoms with Crippen LogP contribution in [0.15, 0.2) is 45.6 Å². The Bertz CT molecular complexity index is 976. The highest BCUT2D eigenvalue weighted by molar-refractivity contribution is 5.77. The van der Waals surface area contributed by atoms with Crippen LogP contribution in [0.1, 0.15) is 17.9 Å². The number of anilines is 1. The third-order valence-corrected chi connectivity index (χ3v) is 5.34. The van der Waals surface area contributed by atoms with Gasteiger partial charge in [0.1, 0.15) is 11.3 Å². The van der Waals surface area contributed by atoms with E-state index < -0.39 is 0 Å². The number of nitrogens with one attached hydrogen (secondary N) is 1. The summed E-state index contributed by atoms with van der Waals surface area (Å²) in [5.41, 5.74) is 1.63. The Balaban J connectivity index is 1.37. The van der Waals surface area contributed by atoms with Crippen LogP contribution in [0.5, 0.6) is 0 Å². The lowest BCUT2D eigenvalue weighted by atomic mass is 10.2. The zero-order valence-corrected chi connectivity index (χ0v) is 16.7. The first kappa shape index (κ1) is 18.7. The van der Waals surface area contributed by atoms with E-state index in [0.29, 0.717) is 18.5 Å². The van der Waals surface area contributed by atoms with Gasteiger partial charge >= 0.3 is 0 Å². The largest absolute Gasteiger partial charge is 0.460 e. The molecule has 0 radical (unpaired) electrons. The van der Waals surface area contributed by atoms with E-state index in [1.54, 1.807) is 6.07 Å². The van der Waals surface area contributed by atoms with E-state index >= 15 is 0 Å². The number of fused-ring (bicyclic) bond motifs is 1. The van der Waals surface area contributed by atoms with Crippen molar-refractivity contribution >= 4 is 16.9 Å². The van der Waals surface area contributed by atoms with Crippen molar-refractivity contribution in [2.75, 3.05) is 39.1 Å². The second kappa shape index (κ2) is 7.77. The Hall–Kier alpha value is -2.64. The average molecular weight is 381 g/mol. The SMILES string of the molecule is CN(C)c1nc(CN(C)[C@H]2CCN(Cc3cc4ccccc4o3)C2)cc(=O)[nH]1. The standard InChI is InChI=1S/C21H27N5O2/c1-24(2)21-22-16(11-20(27)23-21)12-25(3)17-8-9-26(13-17)14-18-10-15-6-4-5-7-19(15)28-18/h4-7,10-11,17H,8-9,12-14H2,1-3H3,(H,22,23,27)/t17-/m0/s1. The highest BCUT2D eigenvalue weighted by atomic mass is 16.3. The van der Waals surface area contributed by atoms with Gasteiger partial charge in [0, 0.05) is 51.2 Å². The van der Waals surface area contributed by atoms with Gasteiger partial charge in [0.2, 0.25) is 5.95 Å². The van der Waals surface area contributed by atoms with Gasteiger partial charge in [-0.15, -0.1) is 0 Å². The molecule has 1 fully saturated rings. The maximum Gasteiger partial charge on any atom is 0.252 e. The Kier molecular flexibility index (Phi) is 5.19. The molecular formula is C21H27N5O2. The molecule has 1 aromatic carbocycles. The summed E-state index contributed by atoms with van der Waals surface area (Å²) >= 11 is 0. The van der Waals surface area contributed by atoms with Crippen LogP contribution in [0, 0.1) is 0 Å². The van der Waals surface area contributed by atoms with E-state index in [2.05, 4.69) is 38.9 Å². The normalized spacial score (nSPS) is 17.6. The van der Waals surface area contributed by atoms with Crippen LogP contribution in [0.3, 0.4) is 0 Å². The molecule has 7 nitrogen and oxygen atoms in total. The number of nitrogens with zero attached hydrogens (tertiary/aromatic N) is 4. The number of benzene rings is 1. The maximum atomic E-state index is 11.9. The van der Waals surface area contributed by atoms with Crippen molar-refractivity contribution in [1.82, 2.24) is 19.8 Å². The molecule has 0 saturated carbocycles. The van der Waals surface area contributed by atoms with Gasteiger partial charge in [0.15, 0.2) is 0 Å². The molecule has 3 heterocycles. The molecule has 2 aromatic heterocycles. The number of furan rings is 1. The van der Waals surface area contributed by atoms with Crippen LogP contribution in [0.25, 0.3) is 11.0 Å². The Labute approximate surface area is 164 Å². The monoisotopic (exact) mass is 381 g/mol. The number of hydrogen-bond donors (Lipinski definition) is 1. The first-order valence-electron chi connectivity index (χ1n) is 9.65. The van der Waals surface area contributed by atoms with E-state index in [4.69, 9.17) is 4.42 Å². The predicted octanol–water partition coefficient (Wildman–Crippen LogP) is 2.29. The molecule has 3 aromatic rings. The molecule has 28 heavy (non-hydrogen) atoms. The molecule has 0 spiro atoms. The van der Waals surface area contributed by atoms with Crippen LogP contribution in [-0.4, -0.2) is 60.0 Å². The number of aromatic amines is 1. The third-order valence-electron chi connectivity index (χ3n) is 5.34. The number of para-hydroxylation sites is 1. The quantitative estimate of drug-likeness (QED) is 0.707. The minimum absolute atomic E-state index is 0.111. The molecule has 1 aliphatic heterocycles. The molecule has 1 aliphatic rings. The number of hydrogen-bond acceptors (Lipinski definition) is 6. The highest BCUT2D eigenvalue weighted by Gasteiger charge is 2.26. The van der Waals surface area contributed by atoms with E-state index in [-0.39, 0.29) is 5.56 Å². The maximum absolute atomic E-state index is 11.9. The van der Waals surface area contributed by atoms with Crippen LogP contribution >= 0.6 is 0 Å². The summed E-state index contributed by atoms with van der Waals surface area (Å²) in [6.45, 7) is 3.51. The van der Waals surface area contributed by atoms with Gasteiger partial charge in [-0.3, -0.25) is 19.6 Å². The summed E-state index contributed by atoms with van der Waals surface area (Å²) in [6, 6.07) is 12.3. The van der Waals surface area contributed by atoms with E-state index in [1.807, 2.05) is 37.2 Å². The van der Waals surface area contributed by atoms with Gasteiger partial charge in [0.05, 0.1) is 12.2 Å². The fourth-order valence-electron chi connectivity index (χ4n) is 3.82. The van der Waals surface area contributed by atoms with Gasteiger partial charge in [-0.2, -0.15) is 0 Å². The highest BCUT2D eigenvalue weighted by Crippen LogP contribution is 2.23. The molecule has 0 bridgehead atoms. The van der Waals surface area contributed by atoms with Crippen molar-refractivity contribution in [2.24, 2.45) is 0 Å². The zero-order chi connectivity index (χ0) is 19.7. The second-order valence-corrected chi connectivity index (χ2v) is 7.80. The molecule has 0 unspecified atom stereocenters. The summed E-state index contributed by atoms with van der Waals surface area (Å²) in [6.07, 6.45) is 1.10. The second-order valence-electron chi connectivity index (χ2n) is 7.80. The van der Waals surface area contributed by atoms with Gasteiger partial charge in [0.25, 0.3) is 5.56 Å². The molecule has 7 heteroatoms. The summed E-state index contributed by atoms with van der Waals surface area (Å²) in [5, 5.41) is 1.16. The molecule has 1 N–H and O–H groups in total. The third kappa shape index (κ3) is 4.10. The van der Waals surface area contributed by atoms with E-state index in [9.17, 15) is 4.79 Å². The number of H-pyrrole nitrogens is 1. The first-order valence-corrected chi connectivity index (χ1v) is 9.65. The summed E-state index contributed by atoms with van der Waals surface area (Å²) in [4.78, 5) is 25.7. The Morgan fingerprint density at radius 2 is 2.07 bits per heavy atom. The fraction of sp³-hybridized carbons (Fsp3) is 0.429. The number of aromatic nitrogens is 2. The smallest absolute Gasteiger partial charge is 0.252 e. The van der Waals surface area contributed by atoms with Crippen LogP contribution in [0.2, 0.25) is 0 Å². The van der Waals surface area contributed by atoms with Crippen molar-refractivity contribution in [1.29, 1.82) is 0 Å². The summed E-state index contributed by atoms with van der Waals surface area (Å²) < 4.78 is 5.96. The zero-order valence-electron chi connectivity index (χ0n) is 16.7. The van der Waals surface area contributed by atoms with Gasteiger partial charge in [-0.25, -0.2) is 4.98 Å². The van der Waals surface area contributed by atoms with Crippen molar-refractivity contribution < 1.29 is 4.42 Å². The molecule has 1 atom stereocenters. The number of rotatable bonds is 6. The first-order chi connectivity index (χ1) is 13.5. The minimum atomic E-state index is -0.111. The van der Waals surface area contributed by atoms with Crippen molar-refractivity contribution in [3.8, 4) is 0 Å². The molecule has 148 valence electrons. The van der Waals surface area contributed by atoms with Crippen LogP contribution in [0.4, 0.5) is 5.95 Å². The lowest BCUT2D eigenvalue weighted by molar-refractivity contribution is 0.216. The summed E-state index contributed by atoms with van der Waals surface area (Å²) in [5.74, 6) is 1.60. The van der Waals surface area contributed by atoms with Crippen molar-refractivity contribution in [2.45, 2.75) is 25.6 Å². The van der Waals surface area contributed by atoms with Crippen molar-refractivity contribution in [3.63, 3.8) is 0 Å². The molecule has 0 aliphatic carbocycles. The van der Waals surface area contributed by atoms with E-state index in [1.165, 1.54) is 0 Å². The molecule has 4 rings (SSSR count). The predicted molar refractivity (Wildman–Crippen MR) is 111 cm³/mol. The van der Waals surface area contributed by atoms with Crippen molar-refractivity contribution in [3.05, 3.63) is 58.2 Å². The Morgan fingerprint density at radius 1 is 1.25 bits per heavy atom. The van der Waals surface area contributed by atoms with Crippen LogP contribution < -0.4 is 10.5 Å². The number of likely N-dealkylation sites (N-methyl/N-ethyl adjacent to an activating group) is 1. The molecule has 0 amide bonds. The molecule has 1 saturated heterocycles. The average Bonchev–Trinajstić information content (AvgIpc) is 3.27. The minimum Gasteiger partial charge on any atom is -0.460 e. The Morgan fingerprint density at radius 3 is 2.86 bits per heavy atom. The summed E-state index contributed by atoms with van der Waals surface area (Å²) in [7, 11) is 5.85. The topological polar surface area (TPSA) is 68.6 Å². The number of likely N-dealkylation sites (tertiary alicyclic amines) is 1.